The lowest BCUT2D eigenvalue weighted by Gasteiger charge is -2.43. The number of aliphatic hydroxyl groups excluding tert-OH is 10. The van der Waals surface area contributed by atoms with Gasteiger partial charge in [0, 0.05) is 142 Å². The van der Waals surface area contributed by atoms with Gasteiger partial charge in [0.15, 0.2) is 18.9 Å². The minimum Gasteiger partial charge on any atom is -0.396 e. The fourth-order valence-corrected chi connectivity index (χ4v) is 18.3. The number of nitrogens with zero attached hydrogens (tertiary/aromatic N) is 3. The SMILES string of the molecule is COP(=O)(O)OCC1(COP(=O)(S)OCC2(COP(=O)(S)OCC3(CO)CCN(C(=O)CCCCCNC(=O)CCCO[C@@H]4O[C@H](CO)[C@H](O)[C@H](O)[C@H]4NC(C)=O)CC3)CCN(C(=O)CCCCCNC(=O)CCCO[C@@H]3O[C@H](CO)[C@H](O)[C@H](O)[C@H]3NC(C)=O)CC2)CCN(C(=O)CCCCCNC(=O)CCCO[C@@H]2O[C@H](CO)[C@H](O)[C@H](O)[C@H]2NC(C)=O)CC1. The first kappa shape index (κ1) is 109. The van der Waals surface area contributed by atoms with Crippen molar-refractivity contribution in [3.05, 3.63) is 0 Å². The summed E-state index contributed by atoms with van der Waals surface area (Å²) in [5.74, 6) is -2.80. The van der Waals surface area contributed by atoms with Gasteiger partial charge in [0.25, 0.3) is 0 Å². The number of likely N-dealkylation sites (tertiary alicyclic amines) is 3. The van der Waals surface area contributed by atoms with Crippen LogP contribution in [0.25, 0.3) is 0 Å². The molecule has 0 bridgehead atoms. The molecule has 0 aromatic rings. The summed E-state index contributed by atoms with van der Waals surface area (Å²) in [6.45, 7) is -7.18. The number of rotatable bonds is 56. The van der Waals surface area contributed by atoms with E-state index in [0.717, 1.165) is 7.11 Å². The number of phosphoric acid groups is 1. The Morgan fingerprint density at radius 3 is 0.904 bits per heavy atom. The van der Waals surface area contributed by atoms with Gasteiger partial charge in [0.1, 0.15) is 73.1 Å². The molecule has 6 heterocycles. The molecule has 49 heteroatoms. The molecule has 0 aliphatic carbocycles. The second-order valence-corrected chi connectivity index (χ2v) is 40.4. The van der Waals surface area contributed by atoms with Crippen LogP contribution in [0.4, 0.5) is 0 Å². The second kappa shape index (κ2) is 54.6. The van der Waals surface area contributed by atoms with E-state index >= 15 is 0 Å². The van der Waals surface area contributed by atoms with Gasteiger partial charge >= 0.3 is 21.4 Å². The summed E-state index contributed by atoms with van der Waals surface area (Å²) in [6, 6.07) is -3.37. The molecule has 0 saturated carbocycles. The standard InChI is InChI=1S/C76H136N9O35P3S2/c1-50(90)80-62-68(102)65(99)53(41-86)118-71(62)110-38-14-17-56(93)77-29-11-5-8-20-59(96)83-32-23-74(44-89,24-33-83)45-114-122(107,124)116-48-76(27-36-85(37-28-76)61(98)22-10-7-13-31-79-58(95)19-16-40-112-73-64(82-52(3)92)70(104)67(101)55(43-88)120-73)49-117-123(108,125)115-47-75(46-113-121(105,106)109-4)25-34-84(35-26-75)60(97)21-9-6-12-30-78-57(94)18-15-39-111-72-63(81-51(2)91)69(103)66(100)54(42-87)119-72/h53-55,62-73,86-89,99-104H,5-49H2,1-4H3,(H,77,93)(H,78,94)(H,79,95)(H,80,90)(H,81,91)(H,82,92)(H,105,106)(H,107,124)(H,108,125)/t53-,54-,55-,62-,63-,64-,65+,66+,67+,68-,69-,70-,71-,72-,73-,122?,123?/m1/s1. The largest absolute Gasteiger partial charge is 0.471 e. The van der Waals surface area contributed by atoms with Gasteiger partial charge in [-0.2, -0.15) is 0 Å². The number of thiol groups is 2. The van der Waals surface area contributed by atoms with Gasteiger partial charge in [-0.3, -0.25) is 52.2 Å². The predicted octanol–water partition coefficient (Wildman–Crippen LogP) is -1.04. The van der Waals surface area contributed by atoms with Crippen LogP contribution in [0.1, 0.15) is 175 Å². The van der Waals surface area contributed by atoms with E-state index in [1.165, 1.54) is 20.8 Å². The number of unbranched alkanes of at least 4 members (excludes halogenated alkanes) is 6. The molecular weight excluding hydrogens is 1760 g/mol. The van der Waals surface area contributed by atoms with Gasteiger partial charge in [0.05, 0.1) is 79.3 Å². The molecule has 0 spiro atoms. The van der Waals surface area contributed by atoms with Crippen molar-refractivity contribution in [1.82, 2.24) is 46.6 Å². The van der Waals surface area contributed by atoms with Crippen molar-refractivity contribution in [3.8, 4) is 0 Å². The predicted molar refractivity (Wildman–Crippen MR) is 448 cm³/mol. The molecule has 722 valence electrons. The highest BCUT2D eigenvalue weighted by molar-refractivity contribution is 8.44. The third-order valence-corrected chi connectivity index (χ3v) is 27.3. The first-order chi connectivity index (χ1) is 59.3. The Balaban J connectivity index is 0.964. The van der Waals surface area contributed by atoms with E-state index < -0.39 is 194 Å². The fraction of sp³-hybridized carbons (Fsp3) is 0.882. The molecular formula is C76H136N9O35P3S2. The zero-order chi connectivity index (χ0) is 92.1. The molecule has 0 aromatic heterocycles. The lowest BCUT2D eigenvalue weighted by Crippen LogP contribution is -2.64. The van der Waals surface area contributed by atoms with Crippen LogP contribution in [0, 0.1) is 16.2 Å². The molecule has 0 radical (unpaired) electrons. The number of nitrogens with one attached hydrogen (secondary N) is 6. The minimum absolute atomic E-state index is 0.00471. The Bertz CT molecular complexity index is 3500. The average Bonchev–Trinajstić information content (AvgIpc) is 0.822. The van der Waals surface area contributed by atoms with Crippen LogP contribution in [0.5, 0.6) is 0 Å². The maximum Gasteiger partial charge on any atom is 0.471 e. The number of amides is 9. The highest BCUT2D eigenvalue weighted by atomic mass is 32.7. The summed E-state index contributed by atoms with van der Waals surface area (Å²) in [5.41, 5.74) is -3.25. The van der Waals surface area contributed by atoms with E-state index in [2.05, 4.69) is 60.9 Å². The number of carbonyl (C=O) groups is 9. The average molecular weight is 1890 g/mol. The first-order valence-corrected chi connectivity index (χ1v) is 49.7. The highest BCUT2D eigenvalue weighted by Gasteiger charge is 2.50. The molecule has 18 atom stereocenters. The lowest BCUT2D eigenvalue weighted by molar-refractivity contribution is -0.270. The Morgan fingerprint density at radius 1 is 0.384 bits per heavy atom. The maximum absolute atomic E-state index is 14.4. The van der Waals surface area contributed by atoms with Crippen molar-refractivity contribution in [2.45, 2.75) is 267 Å². The van der Waals surface area contributed by atoms with Crippen LogP contribution < -0.4 is 31.9 Å². The Kier molecular flexibility index (Phi) is 47.8. The molecule has 0 aromatic carbocycles. The van der Waals surface area contributed by atoms with Crippen molar-refractivity contribution in [2.75, 3.05) is 145 Å². The van der Waals surface area contributed by atoms with E-state index in [4.69, 9.17) is 51.0 Å². The Morgan fingerprint density at radius 2 is 0.648 bits per heavy atom. The van der Waals surface area contributed by atoms with Crippen LogP contribution in [-0.2, 0) is 112 Å². The summed E-state index contributed by atoms with van der Waals surface area (Å²) in [6.07, 6.45) is -8.44. The molecule has 6 aliphatic heterocycles. The molecule has 6 fully saturated rings. The van der Waals surface area contributed by atoms with Crippen molar-refractivity contribution < 1.29 is 168 Å². The third kappa shape index (κ3) is 37.4. The lowest BCUT2D eigenvalue weighted by atomic mass is 9.80. The van der Waals surface area contributed by atoms with Gasteiger partial charge in [0.2, 0.25) is 53.2 Å². The maximum atomic E-state index is 14.4. The van der Waals surface area contributed by atoms with Crippen molar-refractivity contribution >= 4 is 99.1 Å². The summed E-state index contributed by atoms with van der Waals surface area (Å²) in [7, 11) is -3.61. The summed E-state index contributed by atoms with van der Waals surface area (Å²) in [4.78, 5) is 129. The van der Waals surface area contributed by atoms with Crippen LogP contribution in [0.15, 0.2) is 0 Å². The zero-order valence-corrected chi connectivity index (χ0v) is 76.2. The second-order valence-electron chi connectivity index (χ2n) is 33.0. The number of hydrogen-bond donors (Lipinski definition) is 19. The molecule has 3 unspecified atom stereocenters. The zero-order valence-electron chi connectivity index (χ0n) is 71.8. The summed E-state index contributed by atoms with van der Waals surface area (Å²) in [5, 5.41) is 118. The van der Waals surface area contributed by atoms with Crippen LogP contribution in [0.3, 0.4) is 0 Å². The quantitative estimate of drug-likeness (QED) is 0.0196. The minimum atomic E-state index is -4.59. The normalized spacial score (nSPS) is 27.6. The van der Waals surface area contributed by atoms with Crippen molar-refractivity contribution in [3.63, 3.8) is 0 Å². The number of aliphatic hydroxyl groups is 10. The van der Waals surface area contributed by atoms with E-state index in [9.17, 15) is 113 Å². The van der Waals surface area contributed by atoms with Gasteiger partial charge < -0.3 is 149 Å². The van der Waals surface area contributed by atoms with Gasteiger partial charge in [-0.05, 0) is 96.3 Å². The van der Waals surface area contributed by atoms with Gasteiger partial charge in [-0.25, -0.2) is 13.7 Å². The topological polar surface area (TPSA) is 620 Å². The number of piperidine rings is 3. The third-order valence-electron chi connectivity index (χ3n) is 23.2. The van der Waals surface area contributed by atoms with Crippen molar-refractivity contribution in [1.29, 1.82) is 0 Å². The number of ether oxygens (including phenoxy) is 6. The van der Waals surface area contributed by atoms with Crippen LogP contribution >= 0.6 is 45.9 Å². The van der Waals surface area contributed by atoms with E-state index in [1.54, 1.807) is 14.7 Å². The number of hydrogen-bond acceptors (Lipinski definition) is 34. The smallest absolute Gasteiger partial charge is 0.396 e. The Hall–Kier alpha value is -4.30. The van der Waals surface area contributed by atoms with E-state index in [-0.39, 0.29) is 204 Å². The summed E-state index contributed by atoms with van der Waals surface area (Å²) < 4.78 is 109. The fourth-order valence-electron chi connectivity index (χ4n) is 15.2. The number of carbonyl (C=O) groups excluding carboxylic acids is 9. The molecule has 6 rings (SSSR count). The molecule has 6 saturated heterocycles. The number of phosphoric ester groups is 1. The van der Waals surface area contributed by atoms with Crippen LogP contribution in [-0.4, -0.2) is 361 Å². The van der Waals surface area contributed by atoms with Gasteiger partial charge in [-0.15, -0.1) is 0 Å². The molecule has 6 aliphatic rings. The monoisotopic (exact) mass is 1890 g/mol. The van der Waals surface area contributed by atoms with E-state index in [1.807, 2.05) is 0 Å². The molecule has 125 heavy (non-hydrogen) atoms. The molecule has 44 nitrogen and oxygen atoms in total. The summed E-state index contributed by atoms with van der Waals surface area (Å²) >= 11 is 8.71. The highest BCUT2D eigenvalue weighted by Crippen LogP contribution is 2.59. The van der Waals surface area contributed by atoms with Gasteiger partial charge in [-0.1, -0.05) is 43.8 Å². The van der Waals surface area contributed by atoms with E-state index in [0.29, 0.717) is 77.4 Å². The molecule has 9 amide bonds. The van der Waals surface area contributed by atoms with Crippen LogP contribution in [0.2, 0.25) is 0 Å². The van der Waals surface area contributed by atoms with Crippen molar-refractivity contribution in [2.24, 2.45) is 16.2 Å². The Labute approximate surface area is 738 Å². The molecule has 17 N–H and O–H groups in total. The first-order valence-electron chi connectivity index (χ1n) is 42.8.